The number of pyridine rings is 1. The van der Waals surface area contributed by atoms with Crippen molar-refractivity contribution in [2.45, 2.75) is 19.8 Å². The molecule has 1 aromatic heterocycles. The normalized spacial score (nSPS) is 16.2. The minimum atomic E-state index is -0.266. The molecule has 0 unspecified atom stereocenters. The number of hydrogen-bond donors (Lipinski definition) is 2. The number of amides is 3. The Labute approximate surface area is 175 Å². The highest BCUT2D eigenvalue weighted by molar-refractivity contribution is 5.97. The number of nitrogens with one attached hydrogen (secondary N) is 2. The van der Waals surface area contributed by atoms with Crippen molar-refractivity contribution in [1.82, 2.24) is 20.5 Å². The molecule has 2 heterocycles. The lowest BCUT2D eigenvalue weighted by Crippen LogP contribution is -2.39. The summed E-state index contributed by atoms with van der Waals surface area (Å²) in [5.74, 6) is -0.132. The van der Waals surface area contributed by atoms with Gasteiger partial charge in [0.15, 0.2) is 0 Å². The third-order valence-corrected chi connectivity index (χ3v) is 4.73. The molecule has 2 aromatic rings. The van der Waals surface area contributed by atoms with E-state index < -0.39 is 0 Å². The van der Waals surface area contributed by atoms with E-state index in [9.17, 15) is 14.4 Å². The second-order valence-electron chi connectivity index (χ2n) is 7.06. The summed E-state index contributed by atoms with van der Waals surface area (Å²) in [6.07, 6.45) is 2.38. The first kappa shape index (κ1) is 21.3. The molecule has 3 rings (SSSR count). The van der Waals surface area contributed by atoms with Crippen molar-refractivity contribution in [1.29, 1.82) is 0 Å². The van der Waals surface area contributed by atoms with E-state index in [1.54, 1.807) is 41.4 Å². The molecule has 0 bridgehead atoms. The van der Waals surface area contributed by atoms with Gasteiger partial charge in [0.2, 0.25) is 5.91 Å². The van der Waals surface area contributed by atoms with Gasteiger partial charge in [-0.25, -0.2) is 0 Å². The van der Waals surface area contributed by atoms with E-state index in [0.717, 1.165) is 5.56 Å². The molecule has 158 valence electrons. The maximum absolute atomic E-state index is 12.8. The predicted octanol–water partition coefficient (Wildman–Crippen LogP) is 1.55. The Morgan fingerprint density at radius 3 is 2.77 bits per heavy atom. The minimum absolute atomic E-state index is 0.1000. The fourth-order valence-electron chi connectivity index (χ4n) is 3.18. The van der Waals surface area contributed by atoms with Crippen molar-refractivity contribution in [2.75, 3.05) is 32.8 Å². The lowest BCUT2D eigenvalue weighted by molar-refractivity contribution is -0.121. The highest BCUT2D eigenvalue weighted by Crippen LogP contribution is 2.20. The van der Waals surface area contributed by atoms with Crippen molar-refractivity contribution in [3.63, 3.8) is 0 Å². The van der Waals surface area contributed by atoms with E-state index in [1.807, 2.05) is 13.0 Å². The topological polar surface area (TPSA) is 101 Å². The van der Waals surface area contributed by atoms with E-state index in [4.69, 9.17) is 4.74 Å². The Hall–Kier alpha value is -3.42. The van der Waals surface area contributed by atoms with Crippen molar-refractivity contribution in [3.05, 3.63) is 59.4 Å². The summed E-state index contributed by atoms with van der Waals surface area (Å²) < 4.78 is 5.71. The van der Waals surface area contributed by atoms with Gasteiger partial charge < -0.3 is 20.3 Å². The van der Waals surface area contributed by atoms with Crippen LogP contribution in [-0.2, 0) is 4.79 Å². The third kappa shape index (κ3) is 5.79. The molecule has 8 heteroatoms. The van der Waals surface area contributed by atoms with Crippen LogP contribution in [0, 0.1) is 6.92 Å². The van der Waals surface area contributed by atoms with Crippen LogP contribution in [0.5, 0.6) is 5.75 Å². The first-order valence-corrected chi connectivity index (χ1v) is 10.0. The molecule has 1 aliphatic heterocycles. The van der Waals surface area contributed by atoms with Gasteiger partial charge in [-0.05, 0) is 37.6 Å². The van der Waals surface area contributed by atoms with Crippen LogP contribution in [0.25, 0.3) is 0 Å². The van der Waals surface area contributed by atoms with Gasteiger partial charge in [-0.1, -0.05) is 17.7 Å². The molecule has 30 heavy (non-hydrogen) atoms. The first-order chi connectivity index (χ1) is 14.5. The fourth-order valence-corrected chi connectivity index (χ4v) is 3.18. The Balaban J connectivity index is 1.77. The average molecular weight is 410 g/mol. The third-order valence-electron chi connectivity index (χ3n) is 4.73. The SMILES string of the molecule is Cc1ccc2c(c1)C(=O)NCCN(C(=O)c1ccccn1)CCCC(=O)NCCO2. The maximum Gasteiger partial charge on any atom is 0.272 e. The molecule has 0 fully saturated rings. The number of hydrogen-bond acceptors (Lipinski definition) is 5. The molecule has 0 spiro atoms. The summed E-state index contributed by atoms with van der Waals surface area (Å²) in [6, 6.07) is 10.5. The summed E-state index contributed by atoms with van der Waals surface area (Å²) in [7, 11) is 0. The molecule has 1 aromatic carbocycles. The molecule has 0 aliphatic carbocycles. The van der Waals surface area contributed by atoms with Gasteiger partial charge in [0.25, 0.3) is 11.8 Å². The van der Waals surface area contributed by atoms with Crippen LogP contribution in [0.3, 0.4) is 0 Å². The standard InChI is InChI=1S/C22H26N4O4/c1-16-7-8-19-17(15-16)21(28)25-10-13-26(22(29)18-5-2-3-9-23-18)12-4-6-20(27)24-11-14-30-19/h2-3,5,7-9,15H,4,6,10-14H2,1H3,(H,24,27)(H,25,28). The average Bonchev–Trinajstić information content (AvgIpc) is 2.76. The van der Waals surface area contributed by atoms with Crippen LogP contribution < -0.4 is 15.4 Å². The zero-order chi connectivity index (χ0) is 21.3. The van der Waals surface area contributed by atoms with E-state index in [2.05, 4.69) is 15.6 Å². The van der Waals surface area contributed by atoms with Crippen molar-refractivity contribution >= 4 is 17.7 Å². The van der Waals surface area contributed by atoms with Gasteiger partial charge in [-0.3, -0.25) is 19.4 Å². The molecule has 1 aliphatic rings. The molecule has 2 N–H and O–H groups in total. The number of rotatable bonds is 1. The summed E-state index contributed by atoms with van der Waals surface area (Å²) in [4.78, 5) is 43.3. The number of carbonyl (C=O) groups excluding carboxylic acids is 3. The Morgan fingerprint density at radius 1 is 1.10 bits per heavy atom. The molecule has 0 radical (unpaired) electrons. The first-order valence-electron chi connectivity index (χ1n) is 10.0. The fraction of sp³-hybridized carbons (Fsp3) is 0.364. The maximum atomic E-state index is 12.8. The van der Waals surface area contributed by atoms with Crippen LogP contribution in [-0.4, -0.2) is 60.4 Å². The number of benzene rings is 1. The van der Waals surface area contributed by atoms with Gasteiger partial charge >= 0.3 is 0 Å². The Bertz CT molecular complexity index is 901. The molecule has 0 atom stereocenters. The van der Waals surface area contributed by atoms with Gasteiger partial charge in [0.05, 0.1) is 12.1 Å². The highest BCUT2D eigenvalue weighted by Gasteiger charge is 2.19. The van der Waals surface area contributed by atoms with Crippen LogP contribution in [0.4, 0.5) is 0 Å². The molecular formula is C22H26N4O4. The molecule has 3 amide bonds. The second kappa shape index (κ2) is 10.4. The largest absolute Gasteiger partial charge is 0.491 e. The molecule has 8 nitrogen and oxygen atoms in total. The zero-order valence-electron chi connectivity index (χ0n) is 17.0. The van der Waals surface area contributed by atoms with Gasteiger partial charge in [-0.15, -0.1) is 0 Å². The summed E-state index contributed by atoms with van der Waals surface area (Å²) in [5, 5.41) is 5.67. The Kier molecular flexibility index (Phi) is 7.37. The van der Waals surface area contributed by atoms with Crippen molar-refractivity contribution in [3.8, 4) is 5.75 Å². The zero-order valence-corrected chi connectivity index (χ0v) is 17.0. The van der Waals surface area contributed by atoms with Gasteiger partial charge in [0.1, 0.15) is 18.1 Å². The Morgan fingerprint density at radius 2 is 1.97 bits per heavy atom. The van der Waals surface area contributed by atoms with E-state index >= 15 is 0 Å². The summed E-state index contributed by atoms with van der Waals surface area (Å²) in [5.41, 5.74) is 1.70. The number of nitrogens with zero attached hydrogens (tertiary/aromatic N) is 2. The molecular weight excluding hydrogens is 384 g/mol. The van der Waals surface area contributed by atoms with Gasteiger partial charge in [0, 0.05) is 32.3 Å². The van der Waals surface area contributed by atoms with E-state index in [0.29, 0.717) is 49.5 Å². The number of aryl methyl sites for hydroxylation is 1. The van der Waals surface area contributed by atoms with E-state index in [-0.39, 0.29) is 30.9 Å². The van der Waals surface area contributed by atoms with Crippen molar-refractivity contribution in [2.24, 2.45) is 0 Å². The number of ether oxygens (including phenoxy) is 1. The predicted molar refractivity (Wildman–Crippen MR) is 111 cm³/mol. The minimum Gasteiger partial charge on any atom is -0.491 e. The molecule has 0 saturated carbocycles. The number of aromatic nitrogens is 1. The monoisotopic (exact) mass is 410 g/mol. The summed E-state index contributed by atoms with van der Waals surface area (Å²) >= 11 is 0. The van der Waals surface area contributed by atoms with Crippen LogP contribution >= 0.6 is 0 Å². The summed E-state index contributed by atoms with van der Waals surface area (Å²) in [6.45, 7) is 3.48. The highest BCUT2D eigenvalue weighted by atomic mass is 16.5. The van der Waals surface area contributed by atoms with E-state index in [1.165, 1.54) is 0 Å². The molecule has 0 saturated heterocycles. The van der Waals surface area contributed by atoms with Crippen LogP contribution in [0.1, 0.15) is 39.3 Å². The van der Waals surface area contributed by atoms with Crippen LogP contribution in [0.15, 0.2) is 42.6 Å². The second-order valence-corrected chi connectivity index (χ2v) is 7.06. The van der Waals surface area contributed by atoms with Gasteiger partial charge in [-0.2, -0.15) is 0 Å². The lowest BCUT2D eigenvalue weighted by Gasteiger charge is -2.22. The number of fused-ring (bicyclic) bond motifs is 1. The lowest BCUT2D eigenvalue weighted by atomic mass is 10.1. The van der Waals surface area contributed by atoms with Crippen molar-refractivity contribution < 1.29 is 19.1 Å². The number of carbonyl (C=O) groups is 3. The van der Waals surface area contributed by atoms with Crippen LogP contribution in [0.2, 0.25) is 0 Å². The quantitative estimate of drug-likeness (QED) is 0.743. The smallest absolute Gasteiger partial charge is 0.272 e.